The highest BCUT2D eigenvalue weighted by Crippen LogP contribution is 2.35. The fourth-order valence-electron chi connectivity index (χ4n) is 7.08. The fraction of sp³-hybridized carbons (Fsp3) is 0.545. The van der Waals surface area contributed by atoms with Gasteiger partial charge in [0.05, 0.1) is 12.1 Å². The van der Waals surface area contributed by atoms with Crippen molar-refractivity contribution in [1.29, 1.82) is 0 Å². The minimum atomic E-state index is -0.558. The third kappa shape index (κ3) is 6.41. The molecule has 0 aliphatic carbocycles. The highest BCUT2D eigenvalue weighted by molar-refractivity contribution is 5.75. The normalized spacial score (nSPS) is 25.5. The number of urea groups is 1. The maximum absolute atomic E-state index is 13.5. The summed E-state index contributed by atoms with van der Waals surface area (Å²) in [6.07, 6.45) is 5.71. The van der Waals surface area contributed by atoms with Crippen molar-refractivity contribution >= 4 is 18.4 Å². The summed E-state index contributed by atoms with van der Waals surface area (Å²) in [4.78, 5) is 43.9. The van der Waals surface area contributed by atoms with Crippen LogP contribution in [0.1, 0.15) is 54.4 Å². The molecule has 3 amide bonds. The Balaban J connectivity index is 1.01. The van der Waals surface area contributed by atoms with E-state index in [0.29, 0.717) is 63.0 Å². The predicted octanol–water partition coefficient (Wildman–Crippen LogP) is 4.52. The van der Waals surface area contributed by atoms with E-state index in [2.05, 4.69) is 22.3 Å². The summed E-state index contributed by atoms with van der Waals surface area (Å²) >= 11 is 0. The predicted molar refractivity (Wildman–Crippen MR) is 159 cm³/mol. The van der Waals surface area contributed by atoms with E-state index in [1.165, 1.54) is 0 Å². The van der Waals surface area contributed by atoms with E-state index in [0.717, 1.165) is 62.9 Å². The van der Waals surface area contributed by atoms with Crippen LogP contribution in [-0.2, 0) is 10.3 Å². The van der Waals surface area contributed by atoms with Crippen LogP contribution in [0.25, 0.3) is 0 Å². The lowest BCUT2D eigenvalue weighted by atomic mass is 9.81. The molecular formula is C33H42N4O5. The Morgan fingerprint density at radius 1 is 0.857 bits per heavy atom. The van der Waals surface area contributed by atoms with Gasteiger partial charge in [0.15, 0.2) is 0 Å². The van der Waals surface area contributed by atoms with Gasteiger partial charge in [0.1, 0.15) is 18.1 Å². The summed E-state index contributed by atoms with van der Waals surface area (Å²) < 4.78 is 11.9. The minimum Gasteiger partial charge on any atom is -0.493 e. The molecule has 7 rings (SSSR count). The van der Waals surface area contributed by atoms with E-state index in [-0.39, 0.29) is 18.2 Å². The zero-order valence-corrected chi connectivity index (χ0v) is 24.3. The molecule has 0 saturated carbocycles. The third-order valence-electron chi connectivity index (χ3n) is 9.80. The molecule has 0 aromatic heterocycles. The molecule has 2 aromatic rings. The van der Waals surface area contributed by atoms with Gasteiger partial charge in [-0.05, 0) is 93.3 Å². The lowest BCUT2D eigenvalue weighted by molar-refractivity contribution is -0.0366. The van der Waals surface area contributed by atoms with Crippen LogP contribution >= 0.6 is 0 Å². The first-order valence-electron chi connectivity index (χ1n) is 15.5. The Morgan fingerprint density at radius 3 is 2.14 bits per heavy atom. The number of hydrogen-bond acceptors (Lipinski definition) is 6. The van der Waals surface area contributed by atoms with Crippen molar-refractivity contribution in [1.82, 2.24) is 20.0 Å². The zero-order chi connectivity index (χ0) is 28.9. The van der Waals surface area contributed by atoms with Crippen molar-refractivity contribution in [3.63, 3.8) is 0 Å². The Hall–Kier alpha value is -3.59. The first-order valence-corrected chi connectivity index (χ1v) is 15.5. The molecule has 2 bridgehead atoms. The van der Waals surface area contributed by atoms with Crippen LogP contribution in [0.5, 0.6) is 5.75 Å². The van der Waals surface area contributed by atoms with Gasteiger partial charge in [-0.1, -0.05) is 30.3 Å². The summed E-state index contributed by atoms with van der Waals surface area (Å²) in [6, 6.07) is 17.4. The Kier molecular flexibility index (Phi) is 8.65. The summed E-state index contributed by atoms with van der Waals surface area (Å²) in [5, 5.41) is 3.27. The first kappa shape index (κ1) is 28.5. The second-order valence-corrected chi connectivity index (χ2v) is 12.4. The molecule has 0 spiro atoms. The van der Waals surface area contributed by atoms with Gasteiger partial charge in [-0.15, -0.1) is 0 Å². The Labute approximate surface area is 248 Å². The molecular weight excluding hydrogens is 532 g/mol. The van der Waals surface area contributed by atoms with Gasteiger partial charge in [0.25, 0.3) is 0 Å². The quantitative estimate of drug-likeness (QED) is 0.489. The van der Waals surface area contributed by atoms with Crippen molar-refractivity contribution < 1.29 is 23.9 Å². The molecule has 9 nitrogen and oxygen atoms in total. The number of carbonyl (C=O) groups is 3. The van der Waals surface area contributed by atoms with Crippen molar-refractivity contribution in [3.05, 3.63) is 65.7 Å². The number of fused-ring (bicyclic) bond motifs is 3. The number of alkyl carbamates (subject to hydrolysis) is 1. The van der Waals surface area contributed by atoms with Crippen molar-refractivity contribution in [2.45, 2.75) is 50.2 Å². The number of benzene rings is 2. The number of hydrogen-bond donors (Lipinski definition) is 1. The molecule has 5 fully saturated rings. The first-order chi connectivity index (χ1) is 20.5. The molecule has 5 heterocycles. The Morgan fingerprint density at radius 2 is 1.52 bits per heavy atom. The van der Waals surface area contributed by atoms with Crippen LogP contribution in [0, 0.1) is 11.8 Å². The molecule has 0 unspecified atom stereocenters. The average Bonchev–Trinajstić information content (AvgIpc) is 3.05. The maximum atomic E-state index is 13.5. The van der Waals surface area contributed by atoms with Crippen molar-refractivity contribution in [2.24, 2.45) is 11.8 Å². The lowest BCUT2D eigenvalue weighted by Crippen LogP contribution is -2.58. The summed E-state index contributed by atoms with van der Waals surface area (Å²) in [6.45, 7) is 6.22. The molecule has 1 N–H and O–H groups in total. The molecule has 5 saturated heterocycles. The third-order valence-corrected chi connectivity index (χ3v) is 9.80. The van der Waals surface area contributed by atoms with Gasteiger partial charge in [-0.25, -0.2) is 9.59 Å². The van der Waals surface area contributed by atoms with Crippen LogP contribution in [0.2, 0.25) is 0 Å². The molecule has 2 aromatic carbocycles. The largest absolute Gasteiger partial charge is 0.493 e. The van der Waals surface area contributed by atoms with Crippen LogP contribution in [0.4, 0.5) is 9.59 Å². The topological polar surface area (TPSA) is 91.4 Å². The Bertz CT molecular complexity index is 1210. The summed E-state index contributed by atoms with van der Waals surface area (Å²) in [5.41, 5.74) is 1.13. The molecule has 1 atom stereocenters. The van der Waals surface area contributed by atoms with E-state index < -0.39 is 5.54 Å². The van der Waals surface area contributed by atoms with E-state index in [4.69, 9.17) is 9.47 Å². The maximum Gasteiger partial charge on any atom is 0.408 e. The molecule has 5 aliphatic heterocycles. The lowest BCUT2D eigenvalue weighted by Gasteiger charge is -2.46. The number of carbonyl (C=O) groups excluding carboxylic acids is 3. The number of nitrogens with one attached hydrogen (secondary N) is 1. The van der Waals surface area contributed by atoms with Gasteiger partial charge in [0, 0.05) is 38.3 Å². The van der Waals surface area contributed by atoms with Gasteiger partial charge < -0.3 is 24.6 Å². The monoisotopic (exact) mass is 574 g/mol. The second-order valence-electron chi connectivity index (χ2n) is 12.4. The highest BCUT2D eigenvalue weighted by atomic mass is 16.6. The van der Waals surface area contributed by atoms with Crippen LogP contribution in [-0.4, -0.2) is 91.6 Å². The molecule has 224 valence electrons. The molecule has 0 radical (unpaired) electrons. The second kappa shape index (κ2) is 12.7. The van der Waals surface area contributed by atoms with Gasteiger partial charge in [-0.2, -0.15) is 0 Å². The van der Waals surface area contributed by atoms with E-state index >= 15 is 0 Å². The number of ether oxygens (including phenoxy) is 2. The van der Waals surface area contributed by atoms with Crippen LogP contribution in [0.15, 0.2) is 54.6 Å². The van der Waals surface area contributed by atoms with Gasteiger partial charge >= 0.3 is 12.1 Å². The fourth-order valence-corrected chi connectivity index (χ4v) is 7.08. The molecule has 42 heavy (non-hydrogen) atoms. The highest BCUT2D eigenvalue weighted by Gasteiger charge is 2.42. The van der Waals surface area contributed by atoms with Gasteiger partial charge in [0.2, 0.25) is 0 Å². The van der Waals surface area contributed by atoms with E-state index in [1.807, 2.05) is 40.1 Å². The number of nitrogens with zero attached hydrogens (tertiary/aromatic N) is 3. The number of piperidine rings is 5. The number of amides is 3. The standard InChI is InChI=1S/C33H42N4O5/c38-23-25-6-8-29(9-7-25)41-24-26-10-18-36(19-11-26)32(40)37-20-14-33(15-21-37,28-4-2-1-3-5-28)34-31(39)42-30-22-35-16-12-27(30)13-17-35/h1-9,23,26-27,30H,10-22,24H2,(H,34,39)/t30-/m0/s1. The molecule has 9 heteroatoms. The summed E-state index contributed by atoms with van der Waals surface area (Å²) in [5.74, 6) is 1.60. The number of aldehydes is 1. The number of likely N-dealkylation sites (tertiary alicyclic amines) is 2. The SMILES string of the molecule is O=Cc1ccc(OCC2CCN(C(=O)N3CCC(NC(=O)O[C@H]4CN5CCC4CC5)(c4ccccc4)CC3)CC2)cc1. The smallest absolute Gasteiger partial charge is 0.408 e. The van der Waals surface area contributed by atoms with Gasteiger partial charge in [-0.3, -0.25) is 9.69 Å². The van der Waals surface area contributed by atoms with Crippen molar-refractivity contribution in [2.75, 3.05) is 52.4 Å². The molecule has 5 aliphatic rings. The van der Waals surface area contributed by atoms with E-state index in [9.17, 15) is 14.4 Å². The zero-order valence-electron chi connectivity index (χ0n) is 24.3. The van der Waals surface area contributed by atoms with Crippen LogP contribution in [0.3, 0.4) is 0 Å². The summed E-state index contributed by atoms with van der Waals surface area (Å²) in [7, 11) is 0. The van der Waals surface area contributed by atoms with Crippen LogP contribution < -0.4 is 10.1 Å². The average molecular weight is 575 g/mol. The van der Waals surface area contributed by atoms with E-state index in [1.54, 1.807) is 12.1 Å². The minimum absolute atomic E-state index is 0.0432. The van der Waals surface area contributed by atoms with Crippen molar-refractivity contribution in [3.8, 4) is 5.75 Å². The number of rotatable bonds is 7.